The van der Waals surface area contributed by atoms with Crippen LogP contribution in [0, 0.1) is 0 Å². The monoisotopic (exact) mass is 322 g/mol. The van der Waals surface area contributed by atoms with Gasteiger partial charge in [-0.15, -0.1) is 0 Å². The molecule has 7 nitrogen and oxygen atoms in total. The van der Waals surface area contributed by atoms with Gasteiger partial charge in [-0.25, -0.2) is 9.59 Å². The minimum absolute atomic E-state index is 0.0133. The maximum atomic E-state index is 11.6. The van der Waals surface area contributed by atoms with Crippen molar-refractivity contribution in [2.75, 3.05) is 46.8 Å². The Morgan fingerprint density at radius 3 is 2.30 bits per heavy atom. The number of anilines is 1. The molecule has 1 rings (SSSR count). The van der Waals surface area contributed by atoms with E-state index >= 15 is 0 Å². The summed E-state index contributed by atoms with van der Waals surface area (Å²) in [6.45, 7) is 1.39. The quantitative estimate of drug-likeness (QED) is 0.570. The van der Waals surface area contributed by atoms with Crippen molar-refractivity contribution < 1.29 is 23.8 Å². The van der Waals surface area contributed by atoms with Crippen molar-refractivity contribution in [3.05, 3.63) is 36.0 Å². The van der Waals surface area contributed by atoms with Crippen LogP contribution < -0.4 is 10.1 Å². The number of carbonyl (C=O) groups excluding carboxylic acids is 2. The number of likely N-dealkylation sites (N-methyl/N-ethyl adjacent to an activating group) is 1. The summed E-state index contributed by atoms with van der Waals surface area (Å²) in [5.41, 5.74) is 0.603. The first-order valence-electron chi connectivity index (χ1n) is 6.99. The molecular weight excluding hydrogens is 300 g/mol. The molecule has 7 heteroatoms. The number of nitrogens with one attached hydrogen (secondary N) is 1. The van der Waals surface area contributed by atoms with E-state index in [4.69, 9.17) is 4.74 Å². The summed E-state index contributed by atoms with van der Waals surface area (Å²) in [6.07, 6.45) is 1.04. The lowest BCUT2D eigenvalue weighted by Gasteiger charge is -2.12. The zero-order chi connectivity index (χ0) is 17.2. The predicted molar refractivity (Wildman–Crippen MR) is 86.2 cm³/mol. The lowest BCUT2D eigenvalue weighted by atomic mass is 10.2. The Kier molecular flexibility index (Phi) is 7.62. The van der Waals surface area contributed by atoms with Crippen LogP contribution in [0.3, 0.4) is 0 Å². The van der Waals surface area contributed by atoms with Crippen LogP contribution in [-0.4, -0.2) is 58.3 Å². The number of benzene rings is 1. The minimum Gasteiger partial charge on any atom is -0.492 e. The van der Waals surface area contributed by atoms with E-state index in [0.717, 1.165) is 12.6 Å². The fourth-order valence-electron chi connectivity index (χ4n) is 1.57. The first-order chi connectivity index (χ1) is 11.0. The highest BCUT2D eigenvalue weighted by molar-refractivity contribution is 5.98. The van der Waals surface area contributed by atoms with E-state index in [-0.39, 0.29) is 5.70 Å². The zero-order valence-corrected chi connectivity index (χ0v) is 13.8. The summed E-state index contributed by atoms with van der Waals surface area (Å²) in [5.74, 6) is -0.600. The van der Waals surface area contributed by atoms with Gasteiger partial charge in [0.15, 0.2) is 0 Å². The highest BCUT2D eigenvalue weighted by atomic mass is 16.5. The van der Waals surface area contributed by atoms with Crippen LogP contribution in [0.2, 0.25) is 0 Å². The number of hydrogen-bond donors (Lipinski definition) is 1. The molecule has 126 valence electrons. The van der Waals surface area contributed by atoms with Crippen molar-refractivity contribution in [3.63, 3.8) is 0 Å². The smallest absolute Gasteiger partial charge is 0.354 e. The van der Waals surface area contributed by atoms with Crippen molar-refractivity contribution in [1.29, 1.82) is 0 Å². The van der Waals surface area contributed by atoms with E-state index in [2.05, 4.69) is 14.8 Å². The van der Waals surface area contributed by atoms with Gasteiger partial charge in [0.25, 0.3) is 0 Å². The summed E-state index contributed by atoms with van der Waals surface area (Å²) < 4.78 is 14.7. The molecule has 0 fully saturated rings. The first-order valence-corrected chi connectivity index (χ1v) is 6.99. The second-order valence-electron chi connectivity index (χ2n) is 4.87. The van der Waals surface area contributed by atoms with Crippen LogP contribution in [-0.2, 0) is 19.1 Å². The normalized spacial score (nSPS) is 11.1. The second kappa shape index (κ2) is 9.47. The van der Waals surface area contributed by atoms with Crippen LogP contribution in [0.25, 0.3) is 0 Å². The molecule has 0 bridgehead atoms. The number of ether oxygens (including phenoxy) is 3. The molecule has 0 aliphatic rings. The predicted octanol–water partition coefficient (Wildman–Crippen LogP) is 1.27. The van der Waals surface area contributed by atoms with Crippen molar-refractivity contribution >= 4 is 17.6 Å². The first kappa shape index (κ1) is 18.5. The van der Waals surface area contributed by atoms with Gasteiger partial charge in [0.05, 0.1) is 20.3 Å². The highest BCUT2D eigenvalue weighted by Gasteiger charge is 2.12. The molecule has 0 aliphatic heterocycles. The molecule has 1 N–H and O–H groups in total. The van der Waals surface area contributed by atoms with Crippen molar-refractivity contribution in [1.82, 2.24) is 4.90 Å². The molecule has 0 amide bonds. The average molecular weight is 322 g/mol. The average Bonchev–Trinajstić information content (AvgIpc) is 2.54. The third-order valence-corrected chi connectivity index (χ3v) is 2.81. The van der Waals surface area contributed by atoms with Crippen LogP contribution >= 0.6 is 0 Å². The Hall–Kier alpha value is -2.54. The van der Waals surface area contributed by atoms with Crippen LogP contribution in [0.4, 0.5) is 5.69 Å². The highest BCUT2D eigenvalue weighted by Crippen LogP contribution is 2.17. The molecule has 0 aromatic heterocycles. The van der Waals surface area contributed by atoms with Gasteiger partial charge in [-0.05, 0) is 38.4 Å². The van der Waals surface area contributed by atoms with E-state index in [1.807, 2.05) is 19.0 Å². The van der Waals surface area contributed by atoms with Gasteiger partial charge in [-0.1, -0.05) is 0 Å². The van der Waals surface area contributed by atoms with Gasteiger partial charge in [0.2, 0.25) is 0 Å². The number of methoxy groups -OCH3 is 2. The van der Waals surface area contributed by atoms with Gasteiger partial charge in [-0.2, -0.15) is 0 Å². The lowest BCUT2D eigenvalue weighted by molar-refractivity contribution is -0.138. The maximum Gasteiger partial charge on any atom is 0.354 e. The summed E-state index contributed by atoms with van der Waals surface area (Å²) in [6, 6.07) is 7.01. The minimum atomic E-state index is -0.665. The van der Waals surface area contributed by atoms with Crippen molar-refractivity contribution in [3.8, 4) is 5.75 Å². The molecule has 0 spiro atoms. The number of hydrogen-bond acceptors (Lipinski definition) is 7. The lowest BCUT2D eigenvalue weighted by Crippen LogP contribution is -2.19. The van der Waals surface area contributed by atoms with Gasteiger partial charge in [-0.3, -0.25) is 0 Å². The molecule has 0 saturated carbocycles. The number of carbonyl (C=O) groups is 2. The van der Waals surface area contributed by atoms with Gasteiger partial charge in [0, 0.05) is 12.2 Å². The largest absolute Gasteiger partial charge is 0.492 e. The molecule has 0 saturated heterocycles. The summed E-state index contributed by atoms with van der Waals surface area (Å²) in [7, 11) is 6.40. The van der Waals surface area contributed by atoms with Gasteiger partial charge >= 0.3 is 11.9 Å². The van der Waals surface area contributed by atoms with E-state index in [1.54, 1.807) is 24.3 Å². The summed E-state index contributed by atoms with van der Waals surface area (Å²) in [4.78, 5) is 25.0. The Morgan fingerprint density at radius 1 is 1.13 bits per heavy atom. The molecule has 0 radical (unpaired) electrons. The maximum absolute atomic E-state index is 11.6. The summed E-state index contributed by atoms with van der Waals surface area (Å²) in [5, 5.41) is 2.82. The molecule has 0 unspecified atom stereocenters. The van der Waals surface area contributed by atoms with Crippen molar-refractivity contribution in [2.45, 2.75) is 0 Å². The van der Waals surface area contributed by atoms with Crippen molar-refractivity contribution in [2.24, 2.45) is 0 Å². The molecule has 0 atom stereocenters. The zero-order valence-electron chi connectivity index (χ0n) is 13.8. The number of rotatable bonds is 8. The summed E-state index contributed by atoms with van der Waals surface area (Å²) >= 11 is 0. The van der Waals surface area contributed by atoms with E-state index in [0.29, 0.717) is 18.0 Å². The van der Waals surface area contributed by atoms with Crippen LogP contribution in [0.5, 0.6) is 5.75 Å². The molecule has 0 aliphatic carbocycles. The Labute approximate surface area is 135 Å². The number of esters is 2. The molecule has 0 heterocycles. The molecule has 23 heavy (non-hydrogen) atoms. The Bertz CT molecular complexity index is 552. The molecule has 1 aromatic rings. The Balaban J connectivity index is 2.72. The third kappa shape index (κ3) is 6.84. The van der Waals surface area contributed by atoms with Gasteiger partial charge < -0.3 is 24.4 Å². The Morgan fingerprint density at radius 2 is 1.78 bits per heavy atom. The SMILES string of the molecule is COC(=O)/C=C(/Nc1ccc(OCCN(C)C)cc1)C(=O)OC. The fourth-order valence-corrected chi connectivity index (χ4v) is 1.57. The van der Waals surface area contributed by atoms with Gasteiger partial charge in [0.1, 0.15) is 18.1 Å². The van der Waals surface area contributed by atoms with Crippen LogP contribution in [0.1, 0.15) is 0 Å². The van der Waals surface area contributed by atoms with E-state index in [1.165, 1.54) is 14.2 Å². The second-order valence-corrected chi connectivity index (χ2v) is 4.87. The molecule has 1 aromatic carbocycles. The standard InChI is InChI=1S/C16H22N2O5/c1-18(2)9-10-23-13-7-5-12(6-8-13)17-14(16(20)22-4)11-15(19)21-3/h5-8,11,17H,9-10H2,1-4H3/b14-11+. The van der Waals surface area contributed by atoms with E-state index < -0.39 is 11.9 Å². The topological polar surface area (TPSA) is 77.1 Å². The third-order valence-electron chi connectivity index (χ3n) is 2.81. The fraction of sp³-hybridized carbons (Fsp3) is 0.375. The number of nitrogens with zero attached hydrogens (tertiary/aromatic N) is 1. The van der Waals surface area contributed by atoms with E-state index in [9.17, 15) is 9.59 Å². The van der Waals surface area contributed by atoms with Crippen LogP contribution in [0.15, 0.2) is 36.0 Å². The molecular formula is C16H22N2O5.